The van der Waals surface area contributed by atoms with Gasteiger partial charge in [-0.1, -0.05) is 42.1 Å². The van der Waals surface area contributed by atoms with Crippen molar-refractivity contribution in [2.24, 2.45) is 0 Å². The van der Waals surface area contributed by atoms with Crippen molar-refractivity contribution in [2.45, 2.75) is 29.9 Å². The van der Waals surface area contributed by atoms with Gasteiger partial charge in [0.2, 0.25) is 0 Å². The van der Waals surface area contributed by atoms with E-state index in [9.17, 15) is 4.79 Å². The Morgan fingerprint density at radius 2 is 1.84 bits per heavy atom. The molecule has 1 fully saturated rings. The minimum atomic E-state index is -0.249. The van der Waals surface area contributed by atoms with Gasteiger partial charge in [0.1, 0.15) is 17.2 Å². The highest BCUT2D eigenvalue weighted by Crippen LogP contribution is 2.33. The molecule has 0 radical (unpaired) electrons. The average Bonchev–Trinajstić information content (AvgIpc) is 2.93. The first-order valence-electron chi connectivity index (χ1n) is 8.15. The number of carbonyl (C=O) groups is 1. The molecular weight excluding hydrogens is 334 g/mol. The van der Waals surface area contributed by atoms with Crippen molar-refractivity contribution in [3.8, 4) is 0 Å². The van der Waals surface area contributed by atoms with Crippen LogP contribution in [0.4, 0.5) is 11.5 Å². The number of rotatable bonds is 4. The predicted molar refractivity (Wildman–Crippen MR) is 99.1 cm³/mol. The fraction of sp³-hybridized carbons (Fsp3) is 0.211. The third kappa shape index (κ3) is 3.44. The number of ether oxygens (including phenoxy) is 1. The fourth-order valence-electron chi connectivity index (χ4n) is 2.80. The standard InChI is InChI=1S/C19H17N3O2S/c1-12-11-16(18(23)24-12)25-19-21-15-10-6-5-9-14(15)17(22-19)20-13-7-3-2-4-8-13/h2-10,12,16H,11H2,1H3,(H,20,21,22)/t12-,16+/m1/s1. The van der Waals surface area contributed by atoms with Gasteiger partial charge in [0.15, 0.2) is 5.16 Å². The number of hydrogen-bond donors (Lipinski definition) is 1. The number of carbonyl (C=O) groups excluding carboxylic acids is 1. The van der Waals surface area contributed by atoms with Gasteiger partial charge in [0.05, 0.1) is 5.52 Å². The van der Waals surface area contributed by atoms with Crippen molar-refractivity contribution >= 4 is 40.1 Å². The van der Waals surface area contributed by atoms with E-state index in [-0.39, 0.29) is 17.3 Å². The smallest absolute Gasteiger partial charge is 0.319 e. The van der Waals surface area contributed by atoms with Crippen molar-refractivity contribution in [1.82, 2.24) is 9.97 Å². The Morgan fingerprint density at radius 3 is 2.60 bits per heavy atom. The third-order valence-electron chi connectivity index (χ3n) is 3.99. The minimum Gasteiger partial charge on any atom is -0.462 e. The van der Waals surface area contributed by atoms with E-state index in [1.165, 1.54) is 11.8 Å². The SMILES string of the molecule is C[C@@H]1C[C@H](Sc2nc(Nc3ccccc3)c3ccccc3n2)C(=O)O1. The van der Waals surface area contributed by atoms with Crippen LogP contribution in [0.15, 0.2) is 59.8 Å². The van der Waals surface area contributed by atoms with Gasteiger partial charge >= 0.3 is 5.97 Å². The summed E-state index contributed by atoms with van der Waals surface area (Å²) in [4.78, 5) is 21.2. The number of cyclic esters (lactones) is 1. The summed E-state index contributed by atoms with van der Waals surface area (Å²) in [6.07, 6.45) is 0.633. The van der Waals surface area contributed by atoms with Crippen LogP contribution in [0.25, 0.3) is 10.9 Å². The maximum atomic E-state index is 11.9. The number of thioether (sulfide) groups is 1. The first-order chi connectivity index (χ1) is 12.2. The molecule has 1 aliphatic heterocycles. The monoisotopic (exact) mass is 351 g/mol. The maximum absolute atomic E-state index is 11.9. The van der Waals surface area contributed by atoms with Crippen molar-refractivity contribution in [2.75, 3.05) is 5.32 Å². The first-order valence-corrected chi connectivity index (χ1v) is 9.03. The molecule has 0 bridgehead atoms. The summed E-state index contributed by atoms with van der Waals surface area (Å²) >= 11 is 1.37. The number of para-hydroxylation sites is 2. The quantitative estimate of drug-likeness (QED) is 0.562. The zero-order chi connectivity index (χ0) is 17.2. The van der Waals surface area contributed by atoms with Crippen LogP contribution < -0.4 is 5.32 Å². The molecule has 126 valence electrons. The number of fused-ring (bicyclic) bond motifs is 1. The van der Waals surface area contributed by atoms with Crippen molar-refractivity contribution < 1.29 is 9.53 Å². The van der Waals surface area contributed by atoms with E-state index in [2.05, 4.69) is 15.3 Å². The second-order valence-corrected chi connectivity index (χ2v) is 7.12. The molecule has 0 aliphatic carbocycles. The Kier molecular flexibility index (Phi) is 4.28. The van der Waals surface area contributed by atoms with Gasteiger partial charge in [-0.15, -0.1) is 0 Å². The predicted octanol–water partition coefficient (Wildman–Crippen LogP) is 4.17. The van der Waals surface area contributed by atoms with Crippen LogP contribution in [0, 0.1) is 0 Å². The second kappa shape index (κ2) is 6.72. The average molecular weight is 351 g/mol. The van der Waals surface area contributed by atoms with Gasteiger partial charge in [-0.25, -0.2) is 9.97 Å². The van der Waals surface area contributed by atoms with Crippen LogP contribution in [0.3, 0.4) is 0 Å². The van der Waals surface area contributed by atoms with Crippen molar-refractivity contribution in [3.63, 3.8) is 0 Å². The topological polar surface area (TPSA) is 64.1 Å². The molecule has 4 rings (SSSR count). The Labute approximate surface area is 149 Å². The van der Waals surface area contributed by atoms with Gasteiger partial charge < -0.3 is 10.1 Å². The molecule has 1 saturated heterocycles. The normalized spacial score (nSPS) is 19.8. The summed E-state index contributed by atoms with van der Waals surface area (Å²) < 4.78 is 5.23. The number of aromatic nitrogens is 2. The molecule has 5 nitrogen and oxygen atoms in total. The molecule has 2 heterocycles. The molecule has 0 spiro atoms. The highest BCUT2D eigenvalue weighted by molar-refractivity contribution is 8.00. The maximum Gasteiger partial charge on any atom is 0.319 e. The molecule has 1 N–H and O–H groups in total. The van der Waals surface area contributed by atoms with E-state index in [0.29, 0.717) is 11.6 Å². The molecule has 1 aromatic heterocycles. The van der Waals surface area contributed by atoms with Crippen LogP contribution in [0.2, 0.25) is 0 Å². The van der Waals surface area contributed by atoms with Gasteiger partial charge in [-0.3, -0.25) is 4.79 Å². The lowest BCUT2D eigenvalue weighted by Crippen LogP contribution is -2.10. The van der Waals surface area contributed by atoms with Crippen LogP contribution in [0.5, 0.6) is 0 Å². The Morgan fingerprint density at radius 1 is 1.08 bits per heavy atom. The van der Waals surface area contributed by atoms with E-state index >= 15 is 0 Å². The van der Waals surface area contributed by atoms with E-state index in [0.717, 1.165) is 22.4 Å². The van der Waals surface area contributed by atoms with E-state index in [1.807, 2.05) is 61.5 Å². The zero-order valence-electron chi connectivity index (χ0n) is 13.7. The molecular formula is C19H17N3O2S. The highest BCUT2D eigenvalue weighted by atomic mass is 32.2. The number of hydrogen-bond acceptors (Lipinski definition) is 6. The number of nitrogens with one attached hydrogen (secondary N) is 1. The molecule has 2 aromatic carbocycles. The zero-order valence-corrected chi connectivity index (χ0v) is 14.5. The van der Waals surface area contributed by atoms with Gasteiger partial charge in [-0.05, 0) is 31.2 Å². The van der Waals surface area contributed by atoms with Crippen LogP contribution in [-0.2, 0) is 9.53 Å². The minimum absolute atomic E-state index is 0.0487. The Hall–Kier alpha value is -2.60. The Balaban J connectivity index is 1.70. The summed E-state index contributed by atoms with van der Waals surface area (Å²) in [6, 6.07) is 17.7. The fourth-order valence-corrected chi connectivity index (χ4v) is 3.87. The molecule has 0 unspecified atom stereocenters. The van der Waals surface area contributed by atoms with E-state index in [4.69, 9.17) is 4.74 Å². The van der Waals surface area contributed by atoms with E-state index in [1.54, 1.807) is 0 Å². The summed E-state index contributed by atoms with van der Waals surface area (Å²) in [5, 5.41) is 4.62. The molecule has 2 atom stereocenters. The lowest BCUT2D eigenvalue weighted by molar-refractivity contribution is -0.140. The lowest BCUT2D eigenvalue weighted by Gasteiger charge is -2.11. The summed E-state index contributed by atoms with van der Waals surface area (Å²) in [5.74, 6) is 0.547. The van der Waals surface area contributed by atoms with Gasteiger partial charge in [0.25, 0.3) is 0 Å². The molecule has 6 heteroatoms. The second-order valence-electron chi connectivity index (χ2n) is 5.95. The molecule has 1 aliphatic rings. The van der Waals surface area contributed by atoms with Gasteiger partial charge in [-0.2, -0.15) is 0 Å². The summed E-state index contributed by atoms with van der Waals surface area (Å²) in [6.45, 7) is 1.90. The molecule has 3 aromatic rings. The van der Waals surface area contributed by atoms with Crippen LogP contribution >= 0.6 is 11.8 Å². The largest absolute Gasteiger partial charge is 0.462 e. The number of benzene rings is 2. The van der Waals surface area contributed by atoms with Gasteiger partial charge in [0, 0.05) is 17.5 Å². The summed E-state index contributed by atoms with van der Waals surface area (Å²) in [7, 11) is 0. The van der Waals surface area contributed by atoms with Crippen molar-refractivity contribution in [3.05, 3.63) is 54.6 Å². The number of anilines is 2. The molecule has 25 heavy (non-hydrogen) atoms. The van der Waals surface area contributed by atoms with E-state index < -0.39 is 0 Å². The molecule has 0 saturated carbocycles. The van der Waals surface area contributed by atoms with Crippen LogP contribution in [0.1, 0.15) is 13.3 Å². The first kappa shape index (κ1) is 15.9. The van der Waals surface area contributed by atoms with Crippen molar-refractivity contribution in [1.29, 1.82) is 0 Å². The summed E-state index contributed by atoms with van der Waals surface area (Å²) in [5.41, 5.74) is 1.80. The van der Waals surface area contributed by atoms with Crippen LogP contribution in [-0.4, -0.2) is 27.3 Å². The number of nitrogens with zero attached hydrogens (tertiary/aromatic N) is 2. The third-order valence-corrected chi connectivity index (χ3v) is 5.06. The highest BCUT2D eigenvalue weighted by Gasteiger charge is 2.33. The number of esters is 1. The lowest BCUT2D eigenvalue weighted by atomic mass is 10.2. The molecule has 0 amide bonds. The Bertz CT molecular complexity index is 917.